The number of piperidine rings is 1. The summed E-state index contributed by atoms with van der Waals surface area (Å²) in [5, 5.41) is 0. The van der Waals surface area contributed by atoms with Gasteiger partial charge in [-0.3, -0.25) is 0 Å². The Morgan fingerprint density at radius 3 is 2.61 bits per heavy atom. The fraction of sp³-hybridized carbons (Fsp3) is 0.941. The highest BCUT2D eigenvalue weighted by molar-refractivity contribution is 14.1. The molecule has 0 spiro atoms. The minimum atomic E-state index is -0.168. The van der Waals surface area contributed by atoms with Crippen molar-refractivity contribution in [3.05, 3.63) is 0 Å². The molecule has 1 heterocycles. The highest BCUT2D eigenvalue weighted by Crippen LogP contribution is 2.33. The van der Waals surface area contributed by atoms with E-state index in [0.29, 0.717) is 25.4 Å². The van der Waals surface area contributed by atoms with Crippen LogP contribution in [-0.2, 0) is 14.2 Å². The predicted octanol–water partition coefficient (Wildman–Crippen LogP) is 4.23. The molecule has 1 aliphatic rings. The maximum absolute atomic E-state index is 12.4. The summed E-state index contributed by atoms with van der Waals surface area (Å²) in [6.07, 6.45) is 7.49. The lowest BCUT2D eigenvalue weighted by Crippen LogP contribution is -2.53. The minimum absolute atomic E-state index is 0.168. The summed E-state index contributed by atoms with van der Waals surface area (Å²) in [7, 11) is 3.12. The number of hydrogen-bond acceptors (Lipinski definition) is 4. The zero-order valence-corrected chi connectivity index (χ0v) is 16.9. The zero-order chi connectivity index (χ0) is 17.1. The third-order valence-electron chi connectivity index (χ3n) is 4.66. The topological polar surface area (TPSA) is 48.0 Å². The number of carbonyl (C=O) groups is 1. The monoisotopic (exact) mass is 441 g/mol. The SMILES string of the molecule is COCOCCC[C@@H]1[C@@H](C)CC[C@H](CCCCI)N1C(=O)OC. The van der Waals surface area contributed by atoms with Gasteiger partial charge in [-0.1, -0.05) is 35.9 Å². The number of ether oxygens (including phenoxy) is 3. The Morgan fingerprint density at radius 2 is 1.96 bits per heavy atom. The third kappa shape index (κ3) is 7.13. The molecule has 1 amide bonds. The number of unbranched alkanes of at least 4 members (excludes halogenated alkanes) is 1. The Labute approximate surface area is 154 Å². The van der Waals surface area contributed by atoms with E-state index in [-0.39, 0.29) is 12.1 Å². The standard InChI is InChI=1S/C17H32INO4/c1-14-9-10-15(7-4-5-11-18)19(17(20)22-3)16(14)8-6-12-23-13-21-2/h14-16H,4-13H2,1-3H3/t14-,15-,16+/m0/s1. The van der Waals surface area contributed by atoms with Crippen LogP contribution in [0.4, 0.5) is 4.79 Å². The first-order chi connectivity index (χ1) is 11.2. The number of hydrogen-bond donors (Lipinski definition) is 0. The lowest BCUT2D eigenvalue weighted by atomic mass is 9.83. The number of halogens is 1. The van der Waals surface area contributed by atoms with E-state index in [1.54, 1.807) is 7.11 Å². The van der Waals surface area contributed by atoms with Gasteiger partial charge in [0.15, 0.2) is 0 Å². The maximum Gasteiger partial charge on any atom is 0.409 e. The van der Waals surface area contributed by atoms with Crippen molar-refractivity contribution in [3.8, 4) is 0 Å². The van der Waals surface area contributed by atoms with Gasteiger partial charge in [-0.2, -0.15) is 0 Å². The normalized spacial score (nSPS) is 24.7. The van der Waals surface area contributed by atoms with E-state index in [1.165, 1.54) is 30.8 Å². The maximum atomic E-state index is 12.4. The molecular weight excluding hydrogens is 409 g/mol. The summed E-state index contributed by atoms with van der Waals surface area (Å²) in [4.78, 5) is 14.4. The van der Waals surface area contributed by atoms with Crippen molar-refractivity contribution in [3.63, 3.8) is 0 Å². The molecule has 3 atom stereocenters. The van der Waals surface area contributed by atoms with Gasteiger partial charge in [-0.05, 0) is 48.9 Å². The van der Waals surface area contributed by atoms with Gasteiger partial charge < -0.3 is 19.1 Å². The van der Waals surface area contributed by atoms with Crippen molar-refractivity contribution in [1.29, 1.82) is 0 Å². The second-order valence-corrected chi connectivity index (χ2v) is 7.37. The van der Waals surface area contributed by atoms with Gasteiger partial charge in [0.25, 0.3) is 0 Å². The van der Waals surface area contributed by atoms with Crippen LogP contribution in [0.5, 0.6) is 0 Å². The largest absolute Gasteiger partial charge is 0.453 e. The van der Waals surface area contributed by atoms with E-state index >= 15 is 0 Å². The van der Waals surface area contributed by atoms with Crippen molar-refractivity contribution >= 4 is 28.7 Å². The number of alkyl halides is 1. The summed E-state index contributed by atoms with van der Waals surface area (Å²) >= 11 is 2.41. The summed E-state index contributed by atoms with van der Waals surface area (Å²) in [5.74, 6) is 0.511. The molecule has 0 saturated carbocycles. The predicted molar refractivity (Wildman–Crippen MR) is 100 cm³/mol. The molecule has 1 saturated heterocycles. The second-order valence-electron chi connectivity index (χ2n) is 6.29. The molecule has 1 aliphatic heterocycles. The number of carbonyl (C=O) groups excluding carboxylic acids is 1. The Kier molecular flexibility index (Phi) is 11.2. The van der Waals surface area contributed by atoms with Gasteiger partial charge in [0, 0.05) is 25.8 Å². The molecule has 0 aromatic carbocycles. The number of nitrogens with zero attached hydrogens (tertiary/aromatic N) is 1. The number of methoxy groups -OCH3 is 2. The number of amides is 1. The molecule has 1 fully saturated rings. The van der Waals surface area contributed by atoms with Crippen molar-refractivity contribution in [1.82, 2.24) is 4.90 Å². The first kappa shape index (κ1) is 21.0. The zero-order valence-electron chi connectivity index (χ0n) is 14.8. The van der Waals surface area contributed by atoms with Crippen molar-refractivity contribution in [2.75, 3.05) is 32.0 Å². The molecule has 0 aromatic rings. The molecule has 0 aliphatic carbocycles. The van der Waals surface area contributed by atoms with Crippen LogP contribution in [0.15, 0.2) is 0 Å². The molecule has 0 aromatic heterocycles. The third-order valence-corrected chi connectivity index (χ3v) is 5.42. The van der Waals surface area contributed by atoms with E-state index in [0.717, 1.165) is 25.7 Å². The number of rotatable bonds is 10. The first-order valence-corrected chi connectivity index (χ1v) is 10.2. The highest BCUT2D eigenvalue weighted by atomic mass is 127. The Balaban J connectivity index is 2.62. The first-order valence-electron chi connectivity index (χ1n) is 8.64. The van der Waals surface area contributed by atoms with E-state index in [1.807, 2.05) is 4.90 Å². The fourth-order valence-electron chi connectivity index (χ4n) is 3.44. The molecule has 0 unspecified atom stereocenters. The van der Waals surface area contributed by atoms with Crippen molar-refractivity contribution in [2.45, 2.75) is 64.0 Å². The van der Waals surface area contributed by atoms with Crippen LogP contribution in [0.3, 0.4) is 0 Å². The van der Waals surface area contributed by atoms with Gasteiger partial charge >= 0.3 is 6.09 Å². The smallest absolute Gasteiger partial charge is 0.409 e. The van der Waals surface area contributed by atoms with E-state index in [2.05, 4.69) is 29.5 Å². The van der Waals surface area contributed by atoms with Crippen LogP contribution in [-0.4, -0.2) is 55.1 Å². The second kappa shape index (κ2) is 12.3. The van der Waals surface area contributed by atoms with Gasteiger partial charge in [0.05, 0.1) is 7.11 Å². The van der Waals surface area contributed by atoms with Gasteiger partial charge in [-0.25, -0.2) is 4.79 Å². The fourth-order valence-corrected chi connectivity index (χ4v) is 3.98. The van der Waals surface area contributed by atoms with Crippen molar-refractivity contribution < 1.29 is 19.0 Å². The molecule has 5 nitrogen and oxygen atoms in total. The van der Waals surface area contributed by atoms with Crippen LogP contribution < -0.4 is 0 Å². The van der Waals surface area contributed by atoms with E-state index < -0.39 is 0 Å². The minimum Gasteiger partial charge on any atom is -0.453 e. The number of likely N-dealkylation sites (tertiary alicyclic amines) is 1. The molecule has 23 heavy (non-hydrogen) atoms. The Bertz CT molecular complexity index is 330. The molecule has 0 radical (unpaired) electrons. The average Bonchev–Trinajstić information content (AvgIpc) is 2.56. The Hall–Kier alpha value is -0.0800. The molecular formula is C17H32INO4. The molecule has 6 heteroatoms. The highest BCUT2D eigenvalue weighted by Gasteiger charge is 2.38. The van der Waals surface area contributed by atoms with Gasteiger partial charge in [0.1, 0.15) is 6.79 Å². The summed E-state index contributed by atoms with van der Waals surface area (Å²) in [5.41, 5.74) is 0. The van der Waals surface area contributed by atoms with Crippen LogP contribution in [0.2, 0.25) is 0 Å². The van der Waals surface area contributed by atoms with Gasteiger partial charge in [0.2, 0.25) is 0 Å². The van der Waals surface area contributed by atoms with Crippen LogP contribution in [0, 0.1) is 5.92 Å². The molecule has 1 rings (SSSR count). The quantitative estimate of drug-likeness (QED) is 0.220. The van der Waals surface area contributed by atoms with E-state index in [9.17, 15) is 4.79 Å². The summed E-state index contributed by atoms with van der Waals surface area (Å²) in [6.45, 7) is 3.25. The lowest BCUT2D eigenvalue weighted by molar-refractivity contribution is -0.0355. The van der Waals surface area contributed by atoms with Crippen molar-refractivity contribution in [2.24, 2.45) is 5.92 Å². The van der Waals surface area contributed by atoms with Crippen LogP contribution in [0.1, 0.15) is 51.9 Å². The van der Waals surface area contributed by atoms with Gasteiger partial charge in [-0.15, -0.1) is 0 Å². The summed E-state index contributed by atoms with van der Waals surface area (Å²) in [6, 6.07) is 0.582. The van der Waals surface area contributed by atoms with E-state index in [4.69, 9.17) is 14.2 Å². The van der Waals surface area contributed by atoms with Crippen LogP contribution in [0.25, 0.3) is 0 Å². The van der Waals surface area contributed by atoms with Crippen LogP contribution >= 0.6 is 22.6 Å². The molecule has 0 N–H and O–H groups in total. The average molecular weight is 441 g/mol. The Morgan fingerprint density at radius 1 is 1.17 bits per heavy atom. The summed E-state index contributed by atoms with van der Waals surface area (Å²) < 4.78 is 16.5. The lowest BCUT2D eigenvalue weighted by Gasteiger charge is -2.45. The molecule has 136 valence electrons. The molecule has 0 bridgehead atoms.